The molecule has 0 radical (unpaired) electrons. The van der Waals surface area contributed by atoms with Gasteiger partial charge in [-0.25, -0.2) is 0 Å². The normalized spacial score (nSPS) is 33.8. The molecule has 4 nitrogen and oxygen atoms in total. The highest BCUT2D eigenvalue weighted by atomic mass is 35.5. The zero-order chi connectivity index (χ0) is 14.1. The predicted octanol–water partition coefficient (Wildman–Crippen LogP) is 2.34. The molecule has 1 saturated heterocycles. The molecule has 5 heteroatoms. The molecule has 3 fully saturated rings. The van der Waals surface area contributed by atoms with Crippen molar-refractivity contribution in [2.75, 3.05) is 13.1 Å². The van der Waals surface area contributed by atoms with Crippen molar-refractivity contribution in [2.24, 2.45) is 17.6 Å². The Hall–Kier alpha value is -0.320. The van der Waals surface area contributed by atoms with Gasteiger partial charge in [0.15, 0.2) is 0 Å². The first-order chi connectivity index (χ1) is 9.69. The van der Waals surface area contributed by atoms with Crippen LogP contribution in [0.5, 0.6) is 0 Å². The van der Waals surface area contributed by atoms with Crippen LogP contribution in [0.1, 0.15) is 51.9 Å². The van der Waals surface area contributed by atoms with Gasteiger partial charge in [0, 0.05) is 19.1 Å². The SMILES string of the molecule is CCC(OC1CCCC1)C(=O)N1CC2CCC(N)C2C1.Cl. The number of carbonyl (C=O) groups excluding carboxylic acids is 1. The molecule has 1 amide bonds. The van der Waals surface area contributed by atoms with Crippen molar-refractivity contribution in [3.63, 3.8) is 0 Å². The van der Waals surface area contributed by atoms with E-state index in [2.05, 4.69) is 6.92 Å². The Morgan fingerprint density at radius 2 is 1.95 bits per heavy atom. The van der Waals surface area contributed by atoms with E-state index in [1.807, 2.05) is 4.90 Å². The minimum atomic E-state index is -0.229. The molecule has 2 saturated carbocycles. The monoisotopic (exact) mass is 316 g/mol. The van der Waals surface area contributed by atoms with Crippen molar-refractivity contribution in [3.05, 3.63) is 0 Å². The summed E-state index contributed by atoms with van der Waals surface area (Å²) in [6.07, 6.45) is 7.94. The van der Waals surface area contributed by atoms with E-state index in [-0.39, 0.29) is 24.4 Å². The van der Waals surface area contributed by atoms with Crippen LogP contribution in [-0.2, 0) is 9.53 Å². The quantitative estimate of drug-likeness (QED) is 0.866. The van der Waals surface area contributed by atoms with E-state index in [1.165, 1.54) is 19.3 Å². The van der Waals surface area contributed by atoms with Crippen molar-refractivity contribution in [3.8, 4) is 0 Å². The van der Waals surface area contributed by atoms with E-state index in [1.54, 1.807) is 0 Å². The van der Waals surface area contributed by atoms with E-state index >= 15 is 0 Å². The molecular formula is C16H29ClN2O2. The van der Waals surface area contributed by atoms with Crippen LogP contribution in [0.15, 0.2) is 0 Å². The fourth-order valence-corrected chi connectivity index (χ4v) is 4.28. The Balaban J connectivity index is 0.00000161. The molecule has 122 valence electrons. The lowest BCUT2D eigenvalue weighted by molar-refractivity contribution is -0.147. The summed E-state index contributed by atoms with van der Waals surface area (Å²) in [5.74, 6) is 1.38. The Labute approximate surface area is 134 Å². The average Bonchev–Trinajstić information content (AvgIpc) is 3.14. The summed E-state index contributed by atoms with van der Waals surface area (Å²) in [4.78, 5) is 14.7. The number of nitrogens with zero attached hydrogens (tertiary/aromatic N) is 1. The second kappa shape index (κ2) is 7.30. The molecule has 0 spiro atoms. The second-order valence-electron chi connectivity index (χ2n) is 6.85. The molecule has 1 aliphatic heterocycles. The third-order valence-electron chi connectivity index (χ3n) is 5.53. The third-order valence-corrected chi connectivity index (χ3v) is 5.53. The van der Waals surface area contributed by atoms with Crippen LogP contribution in [0.2, 0.25) is 0 Å². The second-order valence-corrected chi connectivity index (χ2v) is 6.85. The highest BCUT2D eigenvalue weighted by Crippen LogP contribution is 2.37. The molecule has 0 aromatic rings. The Bertz CT molecular complexity index is 354. The zero-order valence-electron chi connectivity index (χ0n) is 13.0. The molecule has 2 aliphatic carbocycles. The van der Waals surface area contributed by atoms with Crippen LogP contribution in [0.4, 0.5) is 0 Å². The van der Waals surface area contributed by atoms with Gasteiger partial charge in [0.25, 0.3) is 5.91 Å². The largest absolute Gasteiger partial charge is 0.365 e. The maximum Gasteiger partial charge on any atom is 0.251 e. The Morgan fingerprint density at radius 3 is 2.57 bits per heavy atom. The molecule has 3 aliphatic rings. The molecular weight excluding hydrogens is 288 g/mol. The maximum absolute atomic E-state index is 12.7. The van der Waals surface area contributed by atoms with Crippen molar-refractivity contribution in [1.82, 2.24) is 4.90 Å². The van der Waals surface area contributed by atoms with Gasteiger partial charge in [-0.2, -0.15) is 0 Å². The summed E-state index contributed by atoms with van der Waals surface area (Å²) >= 11 is 0. The lowest BCUT2D eigenvalue weighted by Gasteiger charge is -2.26. The van der Waals surface area contributed by atoms with E-state index in [0.29, 0.717) is 24.0 Å². The van der Waals surface area contributed by atoms with Crippen LogP contribution >= 0.6 is 12.4 Å². The van der Waals surface area contributed by atoms with Gasteiger partial charge < -0.3 is 15.4 Å². The number of halogens is 1. The van der Waals surface area contributed by atoms with Crippen molar-refractivity contribution in [1.29, 1.82) is 0 Å². The topological polar surface area (TPSA) is 55.6 Å². The van der Waals surface area contributed by atoms with Gasteiger partial charge in [-0.3, -0.25) is 4.79 Å². The zero-order valence-corrected chi connectivity index (χ0v) is 13.8. The third kappa shape index (κ3) is 3.54. The fourth-order valence-electron chi connectivity index (χ4n) is 4.28. The first kappa shape index (κ1) is 17.0. The molecule has 0 bridgehead atoms. The van der Waals surface area contributed by atoms with Crippen LogP contribution in [0.25, 0.3) is 0 Å². The van der Waals surface area contributed by atoms with Gasteiger partial charge in [-0.15, -0.1) is 12.4 Å². The van der Waals surface area contributed by atoms with Crippen LogP contribution in [0.3, 0.4) is 0 Å². The number of rotatable bonds is 4. The number of amides is 1. The van der Waals surface area contributed by atoms with Gasteiger partial charge >= 0.3 is 0 Å². The van der Waals surface area contributed by atoms with Gasteiger partial charge in [0.2, 0.25) is 0 Å². The smallest absolute Gasteiger partial charge is 0.251 e. The molecule has 4 unspecified atom stereocenters. The average molecular weight is 317 g/mol. The van der Waals surface area contributed by atoms with Crippen molar-refractivity contribution in [2.45, 2.75) is 70.1 Å². The van der Waals surface area contributed by atoms with E-state index in [0.717, 1.165) is 38.8 Å². The molecule has 1 heterocycles. The lowest BCUT2D eigenvalue weighted by atomic mass is 9.98. The van der Waals surface area contributed by atoms with Crippen LogP contribution < -0.4 is 5.73 Å². The van der Waals surface area contributed by atoms with E-state index in [4.69, 9.17) is 10.5 Å². The maximum atomic E-state index is 12.7. The van der Waals surface area contributed by atoms with Crippen LogP contribution in [0, 0.1) is 11.8 Å². The highest BCUT2D eigenvalue weighted by Gasteiger charge is 2.43. The van der Waals surface area contributed by atoms with Gasteiger partial charge in [0.05, 0.1) is 6.10 Å². The Kier molecular flexibility index (Phi) is 5.92. The minimum Gasteiger partial charge on any atom is -0.365 e. The van der Waals surface area contributed by atoms with Crippen LogP contribution in [-0.4, -0.2) is 42.1 Å². The number of nitrogens with two attached hydrogens (primary N) is 1. The summed E-state index contributed by atoms with van der Waals surface area (Å²) in [5.41, 5.74) is 6.15. The summed E-state index contributed by atoms with van der Waals surface area (Å²) in [5, 5.41) is 0. The molecule has 21 heavy (non-hydrogen) atoms. The van der Waals surface area contributed by atoms with E-state index < -0.39 is 0 Å². The molecule has 4 atom stereocenters. The summed E-state index contributed by atoms with van der Waals surface area (Å²) < 4.78 is 6.06. The highest BCUT2D eigenvalue weighted by molar-refractivity contribution is 5.85. The number of hydrogen-bond acceptors (Lipinski definition) is 3. The predicted molar refractivity (Wildman–Crippen MR) is 85.4 cm³/mol. The van der Waals surface area contributed by atoms with Gasteiger partial charge in [-0.05, 0) is 43.9 Å². The summed E-state index contributed by atoms with van der Waals surface area (Å²) in [6, 6.07) is 0.300. The molecule has 2 N–H and O–H groups in total. The number of fused-ring (bicyclic) bond motifs is 1. The number of likely N-dealkylation sites (tertiary alicyclic amines) is 1. The molecule has 0 aromatic heterocycles. The fraction of sp³-hybridized carbons (Fsp3) is 0.938. The summed E-state index contributed by atoms with van der Waals surface area (Å²) in [7, 11) is 0. The molecule has 0 aromatic carbocycles. The van der Waals surface area contributed by atoms with E-state index in [9.17, 15) is 4.79 Å². The van der Waals surface area contributed by atoms with Gasteiger partial charge in [0.1, 0.15) is 6.10 Å². The van der Waals surface area contributed by atoms with Crippen molar-refractivity contribution < 1.29 is 9.53 Å². The number of hydrogen-bond donors (Lipinski definition) is 1. The summed E-state index contributed by atoms with van der Waals surface area (Å²) in [6.45, 7) is 3.82. The number of ether oxygens (including phenoxy) is 1. The standard InChI is InChI=1S/C16H28N2O2.ClH/c1-2-15(20-12-5-3-4-6-12)16(19)18-9-11-7-8-14(17)13(11)10-18;/h11-15H,2-10,17H2,1H3;1H. The number of carbonyl (C=O) groups is 1. The Morgan fingerprint density at radius 1 is 1.24 bits per heavy atom. The molecule has 3 rings (SSSR count). The minimum absolute atomic E-state index is 0. The lowest BCUT2D eigenvalue weighted by Crippen LogP contribution is -2.41. The first-order valence-corrected chi connectivity index (χ1v) is 8.39. The van der Waals surface area contributed by atoms with Crippen molar-refractivity contribution >= 4 is 18.3 Å². The van der Waals surface area contributed by atoms with Gasteiger partial charge in [-0.1, -0.05) is 19.8 Å². The first-order valence-electron chi connectivity index (χ1n) is 8.39.